The number of nitrogen functional groups attached to an aromatic ring is 1. The Balaban J connectivity index is 1.56. The number of ether oxygens (including phenoxy) is 1. The van der Waals surface area contributed by atoms with Crippen molar-refractivity contribution in [1.82, 2.24) is 24.6 Å². The van der Waals surface area contributed by atoms with Crippen molar-refractivity contribution in [2.45, 2.75) is 13.8 Å². The van der Waals surface area contributed by atoms with E-state index in [1.807, 2.05) is 71.4 Å². The maximum absolute atomic E-state index is 6.49. The highest BCUT2D eigenvalue weighted by Crippen LogP contribution is 2.37. The molecule has 2 aromatic carbocycles. The van der Waals surface area contributed by atoms with Crippen molar-refractivity contribution >= 4 is 34.4 Å². The number of nitrogens with zero attached hydrogens (tertiary/aromatic N) is 7. The van der Waals surface area contributed by atoms with Crippen molar-refractivity contribution in [3.63, 3.8) is 0 Å². The van der Waals surface area contributed by atoms with Crippen molar-refractivity contribution in [2.75, 3.05) is 68.2 Å². The van der Waals surface area contributed by atoms with Gasteiger partial charge in [0.1, 0.15) is 23.7 Å². The molecular formula is C28H37N9O. The van der Waals surface area contributed by atoms with Gasteiger partial charge in [0.05, 0.1) is 35.5 Å². The number of aromatic nitrogens is 4. The molecule has 2 heterocycles. The summed E-state index contributed by atoms with van der Waals surface area (Å²) in [5.41, 5.74) is 10.7. The fourth-order valence-corrected chi connectivity index (χ4v) is 4.35. The van der Waals surface area contributed by atoms with Crippen LogP contribution in [0.25, 0.3) is 5.69 Å². The lowest BCUT2D eigenvalue weighted by Crippen LogP contribution is -2.33. The number of benzene rings is 2. The van der Waals surface area contributed by atoms with E-state index < -0.39 is 0 Å². The molecule has 0 radical (unpaired) electrons. The number of hydrogen-bond acceptors (Lipinski definition) is 9. The molecule has 3 N–H and O–H groups in total. The lowest BCUT2D eigenvalue weighted by atomic mass is 10.2. The number of methoxy groups -OCH3 is 1. The largest absolute Gasteiger partial charge is 0.494 e. The summed E-state index contributed by atoms with van der Waals surface area (Å²) in [4.78, 5) is 15.5. The molecule has 0 aliphatic carbocycles. The number of nitrogens with one attached hydrogen (secondary N) is 1. The number of nitrogens with two attached hydrogens (primary N) is 1. The third-order valence-corrected chi connectivity index (χ3v) is 6.66. The Morgan fingerprint density at radius 2 is 1.76 bits per heavy atom. The summed E-state index contributed by atoms with van der Waals surface area (Å²) >= 11 is 0. The van der Waals surface area contributed by atoms with E-state index in [1.54, 1.807) is 13.3 Å². The Labute approximate surface area is 224 Å². The molecule has 0 aliphatic heterocycles. The SMILES string of the molecule is CCN(CC)CCN(C)c1cc(OC)c(Nc2cc(N(C)c3ccccc3-n3cccn3)ncn2)cc1N. The highest BCUT2D eigenvalue weighted by Gasteiger charge is 2.16. The van der Waals surface area contributed by atoms with Crippen molar-refractivity contribution in [1.29, 1.82) is 0 Å². The zero-order chi connectivity index (χ0) is 27.1. The van der Waals surface area contributed by atoms with Gasteiger partial charge in [0.2, 0.25) is 0 Å². The molecule has 0 saturated carbocycles. The Hall–Kier alpha value is -4.31. The van der Waals surface area contributed by atoms with E-state index in [4.69, 9.17) is 10.5 Å². The average molecular weight is 516 g/mol. The van der Waals surface area contributed by atoms with Crippen LogP contribution in [0.2, 0.25) is 0 Å². The second kappa shape index (κ2) is 12.3. The minimum atomic E-state index is 0.624. The summed E-state index contributed by atoms with van der Waals surface area (Å²) in [5, 5.41) is 7.75. The Morgan fingerprint density at radius 3 is 2.47 bits per heavy atom. The molecule has 0 unspecified atom stereocenters. The van der Waals surface area contributed by atoms with Crippen molar-refractivity contribution < 1.29 is 4.74 Å². The number of hydrogen-bond donors (Lipinski definition) is 2. The molecule has 10 nitrogen and oxygen atoms in total. The van der Waals surface area contributed by atoms with Gasteiger partial charge in [-0.3, -0.25) is 0 Å². The van der Waals surface area contributed by atoms with E-state index in [2.05, 4.69) is 51.1 Å². The van der Waals surface area contributed by atoms with E-state index >= 15 is 0 Å². The molecular weight excluding hydrogens is 478 g/mol. The number of likely N-dealkylation sites (N-methyl/N-ethyl adjacent to an activating group) is 2. The van der Waals surface area contributed by atoms with Crippen molar-refractivity contribution in [3.8, 4) is 11.4 Å². The molecule has 38 heavy (non-hydrogen) atoms. The fourth-order valence-electron chi connectivity index (χ4n) is 4.35. The number of anilines is 6. The first kappa shape index (κ1) is 26.7. The standard InChI is InChI=1S/C28H37N9O/c1-6-36(7-2)16-15-34(3)25-18-26(38-5)22(17-21(25)29)33-27-19-28(31-20-30-27)35(4)23-11-8-9-12-24(23)37-14-10-13-32-37/h8-14,17-20H,6-7,15-16,29H2,1-5H3,(H,30,31,33). The second-order valence-corrected chi connectivity index (χ2v) is 8.94. The van der Waals surface area contributed by atoms with Crippen LogP contribution in [0, 0.1) is 0 Å². The van der Waals surface area contributed by atoms with E-state index in [-0.39, 0.29) is 0 Å². The molecule has 4 aromatic rings. The molecule has 10 heteroatoms. The van der Waals surface area contributed by atoms with E-state index in [0.717, 1.165) is 54.7 Å². The Morgan fingerprint density at radius 1 is 0.974 bits per heavy atom. The molecule has 0 bridgehead atoms. The van der Waals surface area contributed by atoms with Crippen LogP contribution in [0.5, 0.6) is 5.75 Å². The molecule has 200 valence electrons. The normalized spacial score (nSPS) is 11.0. The van der Waals surface area contributed by atoms with Crippen molar-refractivity contribution in [2.24, 2.45) is 0 Å². The van der Waals surface area contributed by atoms with Crippen LogP contribution in [0.1, 0.15) is 13.8 Å². The third-order valence-electron chi connectivity index (χ3n) is 6.66. The van der Waals surface area contributed by atoms with Gasteiger partial charge in [0.25, 0.3) is 0 Å². The monoisotopic (exact) mass is 515 g/mol. The summed E-state index contributed by atoms with van der Waals surface area (Å²) in [5.74, 6) is 2.03. The van der Waals surface area contributed by atoms with E-state index in [0.29, 0.717) is 17.3 Å². The molecule has 0 fully saturated rings. The number of rotatable bonds is 12. The van der Waals surface area contributed by atoms with Crippen LogP contribution in [-0.4, -0.2) is 72.0 Å². The van der Waals surface area contributed by atoms with Gasteiger partial charge in [-0.2, -0.15) is 5.10 Å². The van der Waals surface area contributed by atoms with Gasteiger partial charge in [0.15, 0.2) is 0 Å². The Bertz CT molecular complexity index is 1320. The quantitative estimate of drug-likeness (QED) is 0.263. The van der Waals surface area contributed by atoms with E-state index in [9.17, 15) is 0 Å². The molecule has 0 saturated heterocycles. The van der Waals surface area contributed by atoms with Crippen LogP contribution < -0.4 is 25.6 Å². The van der Waals surface area contributed by atoms with Gasteiger partial charge in [-0.15, -0.1) is 0 Å². The summed E-state index contributed by atoms with van der Waals surface area (Å²) < 4.78 is 7.55. The lowest BCUT2D eigenvalue weighted by Gasteiger charge is -2.26. The maximum Gasteiger partial charge on any atom is 0.144 e. The maximum atomic E-state index is 6.49. The van der Waals surface area contributed by atoms with Crippen LogP contribution in [-0.2, 0) is 0 Å². The minimum absolute atomic E-state index is 0.624. The zero-order valence-electron chi connectivity index (χ0n) is 22.8. The molecule has 0 amide bonds. The lowest BCUT2D eigenvalue weighted by molar-refractivity contribution is 0.311. The number of para-hydroxylation sites is 2. The first-order valence-electron chi connectivity index (χ1n) is 12.8. The van der Waals surface area contributed by atoms with Gasteiger partial charge < -0.3 is 30.5 Å². The van der Waals surface area contributed by atoms with Gasteiger partial charge in [0, 0.05) is 51.7 Å². The summed E-state index contributed by atoms with van der Waals surface area (Å²) in [6.07, 6.45) is 5.22. The highest BCUT2D eigenvalue weighted by atomic mass is 16.5. The van der Waals surface area contributed by atoms with Gasteiger partial charge >= 0.3 is 0 Å². The molecule has 4 rings (SSSR count). The summed E-state index contributed by atoms with van der Waals surface area (Å²) in [6.45, 7) is 8.23. The molecule has 0 aliphatic rings. The molecule has 2 aromatic heterocycles. The second-order valence-electron chi connectivity index (χ2n) is 8.94. The van der Waals surface area contributed by atoms with Crippen LogP contribution in [0.15, 0.2) is 67.3 Å². The Kier molecular flexibility index (Phi) is 8.65. The van der Waals surface area contributed by atoms with Crippen molar-refractivity contribution in [3.05, 3.63) is 67.3 Å². The predicted octanol–water partition coefficient (Wildman–Crippen LogP) is 4.54. The van der Waals surface area contributed by atoms with Gasteiger partial charge in [-0.1, -0.05) is 26.0 Å². The van der Waals surface area contributed by atoms with Crippen LogP contribution in [0.4, 0.5) is 34.4 Å². The summed E-state index contributed by atoms with van der Waals surface area (Å²) in [7, 11) is 5.67. The zero-order valence-corrected chi connectivity index (χ0v) is 22.8. The molecule has 0 spiro atoms. The topological polar surface area (TPSA) is 101 Å². The minimum Gasteiger partial charge on any atom is -0.494 e. The predicted molar refractivity (Wildman–Crippen MR) is 155 cm³/mol. The third kappa shape index (κ3) is 5.97. The van der Waals surface area contributed by atoms with Gasteiger partial charge in [-0.25, -0.2) is 14.6 Å². The smallest absolute Gasteiger partial charge is 0.144 e. The van der Waals surface area contributed by atoms with Crippen LogP contribution >= 0.6 is 0 Å². The van der Waals surface area contributed by atoms with Crippen LogP contribution in [0.3, 0.4) is 0 Å². The molecule has 0 atom stereocenters. The van der Waals surface area contributed by atoms with E-state index in [1.165, 1.54) is 6.33 Å². The summed E-state index contributed by atoms with van der Waals surface area (Å²) in [6, 6.07) is 15.7. The first-order chi connectivity index (χ1) is 18.4. The first-order valence-corrected chi connectivity index (χ1v) is 12.8. The highest BCUT2D eigenvalue weighted by molar-refractivity contribution is 5.80. The van der Waals surface area contributed by atoms with Gasteiger partial charge in [-0.05, 0) is 37.4 Å². The fraction of sp³-hybridized carbons (Fsp3) is 0.321. The average Bonchev–Trinajstić information content (AvgIpc) is 3.48.